The number of hydrogen-bond donors (Lipinski definition) is 14. The summed E-state index contributed by atoms with van der Waals surface area (Å²) in [4.78, 5) is 244. The lowest BCUT2D eigenvalue weighted by Crippen LogP contribution is -2.61. The number of aliphatic carboxylic acids is 1. The zero-order valence-corrected chi connectivity index (χ0v) is 75.6. The van der Waals surface area contributed by atoms with Crippen LogP contribution in [0.25, 0.3) is 10.9 Å². The molecule has 1 aliphatic carbocycles. The van der Waals surface area contributed by atoms with E-state index in [1.54, 1.807) is 119 Å². The standard InChI is InChI=1S/C93H124N16O19S/c1-11-12-32-74-91(126)106(7)52-79(114)98-70(48-81(116)117)87(122)104-82(56(4)5)93(128)108(9)75(45-58-26-18-14-19-27-58)88(123)102-71(44-61-35-39-64(111)40-36-61)89(124)105(6)51-78(113)97-69(47-62-49-95-66-31-23-22-30-65(62)66)86(121)101-68(42-60-33-37-63(110)38-34-60)85(120)100-67(41-55(2)3)84(119)103-73(83(118)96-50-77(94)112)53-129-54-80(115)99-72(43-57-24-16-13-17-25-57)90(125)109(10)76(92(127)107(74)8)46-59-28-20-15-21-29-59/h14-15,18-23,26-31,33-40,49,55-57,67-76,82,95,110-111H,11-13,16-17,24-25,32,41-48,50-54H2,1-10H3,(H2,94,112)(H,96,118)(H,97,113)(H,98,114)(H,99,115)(H,100,120)(H,101,121)(H,102,123)(H,103,119)(H,104,122)(H,116,117)/t67-,68-,69+,70-,71-,72-,73-,74+,75-,76-,82-/m0/s1. The van der Waals surface area contributed by atoms with Crippen LogP contribution in [-0.4, -0.2) is 272 Å². The van der Waals surface area contributed by atoms with Crippen LogP contribution in [0.15, 0.2) is 140 Å². The van der Waals surface area contributed by atoms with Gasteiger partial charge in [-0.3, -0.25) is 76.7 Å². The van der Waals surface area contributed by atoms with Crippen LogP contribution in [0.3, 0.4) is 0 Å². The number of carbonyl (C=O) groups excluding carboxylic acids is 15. The lowest BCUT2D eigenvalue weighted by atomic mass is 9.84. The van der Waals surface area contributed by atoms with E-state index < -0.39 is 199 Å². The number of phenols is 2. The Hall–Kier alpha value is -12.9. The van der Waals surface area contributed by atoms with Crippen molar-refractivity contribution < 1.29 is 92.0 Å². The van der Waals surface area contributed by atoms with Crippen LogP contribution in [-0.2, 0) is 109 Å². The number of nitrogens with one attached hydrogen (secondary N) is 10. The third-order valence-electron chi connectivity index (χ3n) is 23.1. The summed E-state index contributed by atoms with van der Waals surface area (Å²) in [6.45, 7) is 6.26. The second-order valence-electron chi connectivity index (χ2n) is 34.1. The minimum absolute atomic E-state index is 0.0514. The largest absolute Gasteiger partial charge is 0.508 e. The normalized spacial score (nSPS) is 22.8. The quantitative estimate of drug-likeness (QED) is 0.0438. The number of likely N-dealkylation sites (N-methyl/N-ethyl adjacent to an activating group) is 5. The molecule has 1 aromatic heterocycles. The number of nitrogens with zero attached hydrogens (tertiary/aromatic N) is 5. The molecule has 8 rings (SSSR count). The van der Waals surface area contributed by atoms with Gasteiger partial charge >= 0.3 is 5.97 Å². The monoisotopic (exact) mass is 1800 g/mol. The summed E-state index contributed by atoms with van der Waals surface area (Å²) < 4.78 is 0. The van der Waals surface area contributed by atoms with Gasteiger partial charge in [0.25, 0.3) is 0 Å². The Morgan fingerprint density at radius 3 is 1.54 bits per heavy atom. The third-order valence-corrected chi connectivity index (χ3v) is 24.1. The van der Waals surface area contributed by atoms with Gasteiger partial charge in [-0.1, -0.05) is 183 Å². The molecule has 1 saturated heterocycles. The smallest absolute Gasteiger partial charge is 0.305 e. The highest BCUT2D eigenvalue weighted by Gasteiger charge is 2.43. The summed E-state index contributed by atoms with van der Waals surface area (Å²) in [5.41, 5.74) is 8.60. The van der Waals surface area contributed by atoms with E-state index in [0.717, 1.165) is 58.6 Å². The molecule has 0 spiro atoms. The average Bonchev–Trinajstić information content (AvgIpc) is 1.50. The molecule has 5 aromatic carbocycles. The van der Waals surface area contributed by atoms with Crippen LogP contribution in [0.5, 0.6) is 11.5 Å². The fraction of sp³-hybridized carbons (Fsp3) is 0.484. The Kier molecular flexibility index (Phi) is 38.9. The molecule has 15 N–H and O–H groups in total. The zero-order chi connectivity index (χ0) is 94.3. The lowest BCUT2D eigenvalue weighted by molar-refractivity contribution is -0.151. The van der Waals surface area contributed by atoms with Crippen molar-refractivity contribution in [3.05, 3.63) is 167 Å². The van der Waals surface area contributed by atoms with Crippen molar-refractivity contribution in [1.29, 1.82) is 0 Å². The first-order valence-corrected chi connectivity index (χ1v) is 44.8. The molecule has 6 aromatic rings. The summed E-state index contributed by atoms with van der Waals surface area (Å²) in [7, 11) is 6.64. The number of carbonyl (C=O) groups is 16. The van der Waals surface area contributed by atoms with E-state index in [0.29, 0.717) is 51.6 Å². The van der Waals surface area contributed by atoms with Gasteiger partial charge < -0.3 is 98.4 Å². The SMILES string of the molecule is CCCC[C@@H]1C(=O)N(C)CC(=O)N[C@@H](CC(=O)O)C(=O)N[C@@H](C(C)C)C(=O)N(C)[C@@H](Cc2ccccc2)C(=O)N[C@@H](Cc2ccc(O)cc2)C(=O)N(C)CC(=O)N[C@H](Cc2c[nH]c3ccccc23)C(=O)N[C@@H](Cc2ccc(O)cc2)C(=O)N[C@@H](CC(C)C)C(=O)N[C@H](C(=O)NCC(N)=O)CSCC(=O)N[C@@H](CC2CCCCC2)C(=O)N(C)[C@@H](Cc2ccccc2)C(=O)N1C. The maximum atomic E-state index is 15.6. The van der Waals surface area contributed by atoms with Crippen LogP contribution in [0.2, 0.25) is 0 Å². The van der Waals surface area contributed by atoms with Crippen molar-refractivity contribution in [2.24, 2.45) is 23.5 Å². The number of fused-ring (bicyclic) bond motifs is 1. The maximum absolute atomic E-state index is 15.6. The van der Waals surface area contributed by atoms with Gasteiger partial charge in [-0.2, -0.15) is 0 Å². The highest BCUT2D eigenvalue weighted by atomic mass is 32.2. The number of H-pyrrole nitrogens is 1. The number of aromatic nitrogens is 1. The number of unbranched alkanes of at least 4 members (excludes halogenated alkanes) is 1. The molecule has 35 nitrogen and oxygen atoms in total. The number of phenolic OH excluding ortho intramolecular Hbond substituents is 2. The van der Waals surface area contributed by atoms with Gasteiger partial charge in [-0.25, -0.2) is 0 Å². The molecular formula is C93H124N16O19S. The zero-order valence-electron chi connectivity index (χ0n) is 74.8. The number of aromatic hydroxyl groups is 2. The van der Waals surface area contributed by atoms with Gasteiger partial charge in [0.1, 0.15) is 78.0 Å². The molecule has 2 fully saturated rings. The number of aromatic amines is 1. The lowest BCUT2D eigenvalue weighted by Gasteiger charge is -2.37. The summed E-state index contributed by atoms with van der Waals surface area (Å²) in [5, 5.41) is 55.8. The molecule has 0 unspecified atom stereocenters. The summed E-state index contributed by atoms with van der Waals surface area (Å²) in [5.74, 6) is -17.0. The van der Waals surface area contributed by atoms with Crippen molar-refractivity contribution in [2.75, 3.05) is 66.4 Å². The van der Waals surface area contributed by atoms with Crippen LogP contribution in [0.4, 0.5) is 0 Å². The van der Waals surface area contributed by atoms with Gasteiger partial charge in [-0.15, -0.1) is 11.8 Å². The van der Waals surface area contributed by atoms with Gasteiger partial charge in [-0.05, 0) is 95.2 Å². The second kappa shape index (κ2) is 49.4. The number of rotatable bonds is 23. The van der Waals surface area contributed by atoms with Crippen molar-refractivity contribution in [2.45, 2.75) is 204 Å². The van der Waals surface area contributed by atoms with Crippen LogP contribution < -0.4 is 53.6 Å². The fourth-order valence-corrected chi connectivity index (χ4v) is 16.7. The highest BCUT2D eigenvalue weighted by molar-refractivity contribution is 8.00. The summed E-state index contributed by atoms with van der Waals surface area (Å²) >= 11 is 0.869. The number of nitrogens with two attached hydrogens (primary N) is 1. The topological polar surface area (TPSA) is 500 Å². The predicted molar refractivity (Wildman–Crippen MR) is 483 cm³/mol. The van der Waals surface area contributed by atoms with E-state index in [2.05, 4.69) is 52.8 Å². The minimum atomic E-state index is -1.90. The summed E-state index contributed by atoms with van der Waals surface area (Å²) in [6, 6.07) is 19.1. The van der Waals surface area contributed by atoms with Crippen molar-refractivity contribution in [1.82, 2.24) is 77.3 Å². The molecule has 1 saturated carbocycles. The number of primary amides is 1. The van der Waals surface area contributed by atoms with Gasteiger partial charge in [0.2, 0.25) is 88.6 Å². The molecule has 0 radical (unpaired) electrons. The molecule has 36 heteroatoms. The minimum Gasteiger partial charge on any atom is -0.508 e. The van der Waals surface area contributed by atoms with E-state index >= 15 is 38.4 Å². The number of para-hydroxylation sites is 1. The molecule has 15 amide bonds. The van der Waals surface area contributed by atoms with E-state index in [-0.39, 0.29) is 80.5 Å². The Balaban J connectivity index is 1.21. The van der Waals surface area contributed by atoms with Gasteiger partial charge in [0.05, 0.1) is 31.8 Å². The summed E-state index contributed by atoms with van der Waals surface area (Å²) in [6.07, 6.45) is 4.60. The van der Waals surface area contributed by atoms with Crippen molar-refractivity contribution in [3.8, 4) is 11.5 Å². The van der Waals surface area contributed by atoms with Gasteiger partial charge in [0.15, 0.2) is 0 Å². The number of carboxylic acids is 1. The predicted octanol–water partition coefficient (Wildman–Crippen LogP) is 3.05. The van der Waals surface area contributed by atoms with Crippen LogP contribution in [0.1, 0.15) is 133 Å². The second-order valence-corrected chi connectivity index (χ2v) is 35.1. The molecule has 0 bridgehead atoms. The Morgan fingerprint density at radius 2 is 0.977 bits per heavy atom. The Bertz CT molecular complexity index is 4880. The molecule has 2 aliphatic rings. The maximum Gasteiger partial charge on any atom is 0.305 e. The van der Waals surface area contributed by atoms with E-state index in [1.807, 2.05) is 6.92 Å². The molecule has 11 atom stereocenters. The third kappa shape index (κ3) is 31.0. The fourth-order valence-electron chi connectivity index (χ4n) is 15.9. The van der Waals surface area contributed by atoms with E-state index in [9.17, 15) is 53.7 Å². The number of amides is 15. The first-order chi connectivity index (χ1) is 61.4. The number of carboxylic acid groups (broad SMARTS) is 1. The molecular weight excluding hydrogens is 1680 g/mol. The molecule has 2 heterocycles. The van der Waals surface area contributed by atoms with E-state index in [1.165, 1.54) is 93.6 Å². The number of benzene rings is 5. The molecule has 1 aliphatic heterocycles. The Labute approximate surface area is 755 Å². The first kappa shape index (κ1) is 102. The Morgan fingerprint density at radius 1 is 0.488 bits per heavy atom. The average molecular weight is 1800 g/mol. The highest BCUT2D eigenvalue weighted by Crippen LogP contribution is 2.30. The van der Waals surface area contributed by atoms with Crippen molar-refractivity contribution >= 4 is 117 Å². The number of hydrogen-bond acceptors (Lipinski definition) is 19. The van der Waals surface area contributed by atoms with E-state index in [4.69, 9.17) is 5.73 Å². The van der Waals surface area contributed by atoms with Gasteiger partial charge in [0, 0.05) is 90.2 Å². The van der Waals surface area contributed by atoms with Crippen LogP contribution in [0, 0.1) is 17.8 Å². The molecule has 696 valence electrons. The van der Waals surface area contributed by atoms with Crippen LogP contribution >= 0.6 is 11.8 Å². The van der Waals surface area contributed by atoms with Crippen molar-refractivity contribution in [3.63, 3.8) is 0 Å². The number of thioether (sulfide) groups is 1. The first-order valence-electron chi connectivity index (χ1n) is 43.6. The molecule has 129 heavy (non-hydrogen) atoms.